The fourth-order valence-corrected chi connectivity index (χ4v) is 2.09. The fourth-order valence-electron chi connectivity index (χ4n) is 2.09. The lowest BCUT2D eigenvalue weighted by Gasteiger charge is -2.09. The Kier molecular flexibility index (Phi) is 5.35. The lowest BCUT2D eigenvalue weighted by atomic mass is 10.3. The molecule has 0 aliphatic rings. The van der Waals surface area contributed by atoms with Gasteiger partial charge in [-0.25, -0.2) is 0 Å². The first-order chi connectivity index (χ1) is 9.74. The summed E-state index contributed by atoms with van der Waals surface area (Å²) in [6, 6.07) is 4.60. The van der Waals surface area contributed by atoms with E-state index >= 15 is 0 Å². The lowest BCUT2D eigenvalue weighted by Crippen LogP contribution is -2.18. The molecule has 2 heterocycles. The second-order valence-corrected chi connectivity index (χ2v) is 5.20. The van der Waals surface area contributed by atoms with Crippen molar-refractivity contribution in [3.8, 4) is 0 Å². The van der Waals surface area contributed by atoms with E-state index in [1.165, 1.54) is 5.69 Å². The summed E-state index contributed by atoms with van der Waals surface area (Å²) in [6.45, 7) is 9.17. The summed E-state index contributed by atoms with van der Waals surface area (Å²) in [5, 5.41) is 12.4. The first-order valence-corrected chi connectivity index (χ1v) is 7.50. The van der Waals surface area contributed by atoms with Gasteiger partial charge in [-0.1, -0.05) is 13.8 Å². The molecule has 20 heavy (non-hydrogen) atoms. The molecule has 0 saturated carbocycles. The van der Waals surface area contributed by atoms with Crippen LogP contribution in [0.15, 0.2) is 24.5 Å². The molecular weight excluding hydrogens is 250 g/mol. The Bertz CT molecular complexity index is 514. The standard InChI is InChI=1S/C15H25N5/c1-4-8-16-11-15-6-9-17-20(15)12-14-7-10-19(18-14)13(3)5-2/h6-7,9-10,13,16H,4-5,8,11-12H2,1-3H3. The van der Waals surface area contributed by atoms with E-state index < -0.39 is 0 Å². The number of rotatable bonds is 8. The maximum absolute atomic E-state index is 4.63. The van der Waals surface area contributed by atoms with E-state index in [0.29, 0.717) is 6.04 Å². The van der Waals surface area contributed by atoms with Crippen LogP contribution in [0.5, 0.6) is 0 Å². The highest BCUT2D eigenvalue weighted by atomic mass is 15.3. The Hall–Kier alpha value is -1.62. The second-order valence-electron chi connectivity index (χ2n) is 5.20. The average molecular weight is 275 g/mol. The molecule has 0 bridgehead atoms. The summed E-state index contributed by atoms with van der Waals surface area (Å²) in [6.07, 6.45) is 6.15. The molecule has 0 aliphatic carbocycles. The van der Waals surface area contributed by atoms with Crippen molar-refractivity contribution in [2.75, 3.05) is 6.54 Å². The van der Waals surface area contributed by atoms with Crippen LogP contribution in [-0.2, 0) is 13.1 Å². The molecule has 0 radical (unpaired) electrons. The zero-order valence-electron chi connectivity index (χ0n) is 12.7. The lowest BCUT2D eigenvalue weighted by molar-refractivity contribution is 0.469. The van der Waals surface area contributed by atoms with Crippen molar-refractivity contribution in [2.24, 2.45) is 0 Å². The molecule has 0 fully saturated rings. The molecule has 0 aromatic carbocycles. The zero-order valence-corrected chi connectivity index (χ0v) is 12.7. The maximum atomic E-state index is 4.63. The zero-order chi connectivity index (χ0) is 14.4. The third kappa shape index (κ3) is 3.70. The summed E-state index contributed by atoms with van der Waals surface area (Å²) < 4.78 is 4.06. The number of nitrogens with one attached hydrogen (secondary N) is 1. The van der Waals surface area contributed by atoms with Crippen LogP contribution in [-0.4, -0.2) is 26.1 Å². The maximum Gasteiger partial charge on any atom is 0.0853 e. The molecule has 0 spiro atoms. The van der Waals surface area contributed by atoms with Crippen LogP contribution in [0.1, 0.15) is 51.0 Å². The van der Waals surface area contributed by atoms with Gasteiger partial charge in [0.2, 0.25) is 0 Å². The van der Waals surface area contributed by atoms with Crippen molar-refractivity contribution < 1.29 is 0 Å². The summed E-state index contributed by atoms with van der Waals surface area (Å²) >= 11 is 0. The van der Waals surface area contributed by atoms with Crippen LogP contribution in [0.25, 0.3) is 0 Å². The Morgan fingerprint density at radius 2 is 2.15 bits per heavy atom. The summed E-state index contributed by atoms with van der Waals surface area (Å²) in [7, 11) is 0. The van der Waals surface area contributed by atoms with Crippen LogP contribution in [0.3, 0.4) is 0 Å². The van der Waals surface area contributed by atoms with Gasteiger partial charge in [0.25, 0.3) is 0 Å². The Morgan fingerprint density at radius 3 is 2.90 bits per heavy atom. The van der Waals surface area contributed by atoms with Gasteiger partial charge in [-0.2, -0.15) is 10.2 Å². The van der Waals surface area contributed by atoms with Crippen LogP contribution in [0.4, 0.5) is 0 Å². The SMILES string of the molecule is CCCNCc1ccnn1Cc1ccn(C(C)CC)n1. The second kappa shape index (κ2) is 7.24. The van der Waals surface area contributed by atoms with Gasteiger partial charge in [-0.05, 0) is 38.4 Å². The van der Waals surface area contributed by atoms with E-state index in [-0.39, 0.29) is 0 Å². The van der Waals surface area contributed by atoms with Crippen molar-refractivity contribution in [2.45, 2.75) is 52.7 Å². The van der Waals surface area contributed by atoms with Crippen LogP contribution >= 0.6 is 0 Å². The van der Waals surface area contributed by atoms with Gasteiger partial charge in [0.1, 0.15) is 0 Å². The van der Waals surface area contributed by atoms with Gasteiger partial charge in [0.15, 0.2) is 0 Å². The Morgan fingerprint density at radius 1 is 1.30 bits per heavy atom. The van der Waals surface area contributed by atoms with E-state index in [4.69, 9.17) is 0 Å². The molecule has 1 atom stereocenters. The van der Waals surface area contributed by atoms with Gasteiger partial charge in [0.05, 0.1) is 17.9 Å². The molecule has 1 N–H and O–H groups in total. The number of hydrogen-bond donors (Lipinski definition) is 1. The molecule has 5 heteroatoms. The quantitative estimate of drug-likeness (QED) is 0.753. The molecule has 2 aromatic rings. The van der Waals surface area contributed by atoms with E-state index in [1.807, 2.05) is 15.6 Å². The van der Waals surface area contributed by atoms with Gasteiger partial charge < -0.3 is 5.32 Å². The Balaban J connectivity index is 1.99. The first-order valence-electron chi connectivity index (χ1n) is 7.50. The highest BCUT2D eigenvalue weighted by Crippen LogP contribution is 2.10. The fraction of sp³-hybridized carbons (Fsp3) is 0.600. The highest BCUT2D eigenvalue weighted by molar-refractivity contribution is 5.06. The minimum absolute atomic E-state index is 0.451. The first kappa shape index (κ1) is 14.8. The highest BCUT2D eigenvalue weighted by Gasteiger charge is 2.07. The monoisotopic (exact) mass is 275 g/mol. The molecule has 2 rings (SSSR count). The molecular formula is C15H25N5. The number of aromatic nitrogens is 4. The van der Waals surface area contributed by atoms with Crippen molar-refractivity contribution in [3.63, 3.8) is 0 Å². The van der Waals surface area contributed by atoms with Gasteiger partial charge in [0, 0.05) is 25.0 Å². The van der Waals surface area contributed by atoms with Gasteiger partial charge in [-0.15, -0.1) is 0 Å². The molecule has 110 valence electrons. The van der Waals surface area contributed by atoms with E-state index in [0.717, 1.165) is 38.2 Å². The van der Waals surface area contributed by atoms with Crippen molar-refractivity contribution >= 4 is 0 Å². The molecule has 0 aliphatic heterocycles. The summed E-state index contributed by atoms with van der Waals surface area (Å²) in [4.78, 5) is 0. The van der Waals surface area contributed by atoms with E-state index in [2.05, 4.69) is 54.6 Å². The molecule has 0 saturated heterocycles. The molecule has 2 aromatic heterocycles. The molecule has 0 amide bonds. The van der Waals surface area contributed by atoms with Crippen LogP contribution < -0.4 is 5.32 Å². The smallest absolute Gasteiger partial charge is 0.0853 e. The predicted octanol–water partition coefficient (Wildman–Crippen LogP) is 2.60. The number of hydrogen-bond acceptors (Lipinski definition) is 3. The minimum Gasteiger partial charge on any atom is -0.311 e. The van der Waals surface area contributed by atoms with Crippen LogP contribution in [0, 0.1) is 0 Å². The van der Waals surface area contributed by atoms with E-state index in [9.17, 15) is 0 Å². The molecule has 5 nitrogen and oxygen atoms in total. The normalized spacial score (nSPS) is 12.8. The van der Waals surface area contributed by atoms with Crippen molar-refractivity contribution in [3.05, 3.63) is 35.9 Å². The van der Waals surface area contributed by atoms with Crippen molar-refractivity contribution in [1.29, 1.82) is 0 Å². The van der Waals surface area contributed by atoms with Crippen LogP contribution in [0.2, 0.25) is 0 Å². The predicted molar refractivity (Wildman–Crippen MR) is 80.6 cm³/mol. The Labute approximate surface area is 121 Å². The number of nitrogens with zero attached hydrogens (tertiary/aromatic N) is 4. The van der Waals surface area contributed by atoms with Gasteiger partial charge >= 0.3 is 0 Å². The third-order valence-corrected chi connectivity index (χ3v) is 3.56. The molecule has 1 unspecified atom stereocenters. The third-order valence-electron chi connectivity index (χ3n) is 3.56. The average Bonchev–Trinajstić information content (AvgIpc) is 3.09. The van der Waals surface area contributed by atoms with Crippen molar-refractivity contribution in [1.82, 2.24) is 24.9 Å². The topological polar surface area (TPSA) is 47.7 Å². The largest absolute Gasteiger partial charge is 0.311 e. The van der Waals surface area contributed by atoms with Gasteiger partial charge in [-0.3, -0.25) is 9.36 Å². The summed E-state index contributed by atoms with van der Waals surface area (Å²) in [5.74, 6) is 0. The van der Waals surface area contributed by atoms with E-state index in [1.54, 1.807) is 0 Å². The minimum atomic E-state index is 0.451. The summed E-state index contributed by atoms with van der Waals surface area (Å²) in [5.41, 5.74) is 2.27.